The van der Waals surface area contributed by atoms with Crippen molar-refractivity contribution in [2.24, 2.45) is 0 Å². The molecule has 0 saturated carbocycles. The number of aromatic nitrogens is 2. The summed E-state index contributed by atoms with van der Waals surface area (Å²) in [7, 11) is -3.99. The molecule has 2 unspecified atom stereocenters. The Kier molecular flexibility index (Phi) is 4.48. The van der Waals surface area contributed by atoms with E-state index in [-0.39, 0.29) is 10.9 Å². The highest BCUT2D eigenvalue weighted by Crippen LogP contribution is 2.23. The second-order valence-corrected chi connectivity index (χ2v) is 7.77. The van der Waals surface area contributed by atoms with Crippen LogP contribution in [0.4, 0.5) is 0 Å². The summed E-state index contributed by atoms with van der Waals surface area (Å²) in [5.41, 5.74) is 0. The van der Waals surface area contributed by atoms with Crippen molar-refractivity contribution in [3.8, 4) is 0 Å². The van der Waals surface area contributed by atoms with E-state index in [4.69, 9.17) is 4.74 Å². The molecule has 0 amide bonds. The lowest BCUT2D eigenvalue weighted by molar-refractivity contribution is -0.139. The van der Waals surface area contributed by atoms with Crippen LogP contribution in [0, 0.1) is 0 Å². The van der Waals surface area contributed by atoms with Crippen molar-refractivity contribution in [3.63, 3.8) is 0 Å². The van der Waals surface area contributed by atoms with Gasteiger partial charge in [-0.3, -0.25) is 9.48 Å². The van der Waals surface area contributed by atoms with Crippen LogP contribution in [0.25, 0.3) is 0 Å². The van der Waals surface area contributed by atoms with Gasteiger partial charge >= 0.3 is 5.97 Å². The molecule has 1 fully saturated rings. The maximum atomic E-state index is 12.4. The van der Waals surface area contributed by atoms with Crippen molar-refractivity contribution in [1.29, 1.82) is 0 Å². The number of hydrogen-bond donors (Lipinski definition) is 2. The van der Waals surface area contributed by atoms with Crippen LogP contribution in [0.5, 0.6) is 0 Å². The molecular formula is C13H15N3O5S2. The fourth-order valence-electron chi connectivity index (χ4n) is 2.30. The molecule has 0 radical (unpaired) electrons. The van der Waals surface area contributed by atoms with Crippen LogP contribution in [0.3, 0.4) is 0 Å². The molecule has 3 heterocycles. The van der Waals surface area contributed by atoms with E-state index in [0.29, 0.717) is 18.1 Å². The Morgan fingerprint density at radius 1 is 1.57 bits per heavy atom. The van der Waals surface area contributed by atoms with Crippen molar-refractivity contribution in [2.75, 3.05) is 13.2 Å². The maximum absolute atomic E-state index is 12.4. The fourth-order valence-corrected chi connectivity index (χ4v) is 4.25. The van der Waals surface area contributed by atoms with E-state index in [2.05, 4.69) is 9.82 Å². The van der Waals surface area contributed by atoms with Crippen molar-refractivity contribution < 1.29 is 23.1 Å². The van der Waals surface area contributed by atoms with Gasteiger partial charge in [0, 0.05) is 17.7 Å². The van der Waals surface area contributed by atoms with E-state index in [1.807, 2.05) is 0 Å². The number of carboxylic acids is 1. The second kappa shape index (κ2) is 6.40. The number of ether oxygens (including phenoxy) is 1. The molecule has 3 rings (SSSR count). The number of sulfonamides is 1. The van der Waals surface area contributed by atoms with Gasteiger partial charge in [-0.1, -0.05) is 6.07 Å². The molecule has 2 aromatic rings. The van der Waals surface area contributed by atoms with Gasteiger partial charge in [0.2, 0.25) is 10.0 Å². The van der Waals surface area contributed by atoms with Gasteiger partial charge in [0.1, 0.15) is 4.90 Å². The van der Waals surface area contributed by atoms with Crippen molar-refractivity contribution >= 4 is 27.3 Å². The Hall–Kier alpha value is -1.75. The molecule has 8 nitrogen and oxygen atoms in total. The van der Waals surface area contributed by atoms with Crippen LogP contribution >= 0.6 is 11.3 Å². The van der Waals surface area contributed by atoms with E-state index >= 15 is 0 Å². The SMILES string of the molecule is O=C(O)C(NS(=O)(=O)c1cnn(C2CCOC2)c1)c1cccs1. The molecule has 23 heavy (non-hydrogen) atoms. The van der Waals surface area contributed by atoms with Crippen LogP contribution < -0.4 is 4.72 Å². The fraction of sp³-hybridized carbons (Fsp3) is 0.385. The number of carbonyl (C=O) groups is 1. The predicted molar refractivity (Wildman–Crippen MR) is 81.7 cm³/mol. The van der Waals surface area contributed by atoms with E-state index < -0.39 is 22.0 Å². The number of aliphatic carboxylic acids is 1. The minimum Gasteiger partial charge on any atom is -0.480 e. The smallest absolute Gasteiger partial charge is 0.327 e. The lowest BCUT2D eigenvalue weighted by Gasteiger charge is -2.12. The Morgan fingerprint density at radius 3 is 3.00 bits per heavy atom. The third-order valence-corrected chi connectivity index (χ3v) is 5.83. The Bertz CT molecular complexity index is 778. The number of rotatable bonds is 6. The number of carboxylic acid groups (broad SMARTS) is 1. The Balaban J connectivity index is 1.82. The van der Waals surface area contributed by atoms with E-state index in [1.54, 1.807) is 22.2 Å². The molecule has 0 aromatic carbocycles. The minimum absolute atomic E-state index is 0.00603. The summed E-state index contributed by atoms with van der Waals surface area (Å²) in [6.07, 6.45) is 3.38. The summed E-state index contributed by atoms with van der Waals surface area (Å²) in [5, 5.41) is 15.0. The van der Waals surface area contributed by atoms with Crippen LogP contribution in [-0.2, 0) is 19.6 Å². The largest absolute Gasteiger partial charge is 0.480 e. The number of thiophene rings is 1. The monoisotopic (exact) mass is 357 g/mol. The summed E-state index contributed by atoms with van der Waals surface area (Å²) in [5.74, 6) is -1.26. The van der Waals surface area contributed by atoms with Gasteiger partial charge in [-0.2, -0.15) is 9.82 Å². The highest BCUT2D eigenvalue weighted by Gasteiger charge is 2.29. The molecular weight excluding hydrogens is 342 g/mol. The summed E-state index contributed by atoms with van der Waals surface area (Å²) in [6.45, 7) is 1.10. The van der Waals surface area contributed by atoms with Gasteiger partial charge in [-0.25, -0.2) is 8.42 Å². The number of nitrogens with zero attached hydrogens (tertiary/aromatic N) is 2. The van der Waals surface area contributed by atoms with Gasteiger partial charge in [0.05, 0.1) is 18.8 Å². The van der Waals surface area contributed by atoms with Crippen LogP contribution in [0.1, 0.15) is 23.4 Å². The van der Waals surface area contributed by atoms with E-state index in [0.717, 1.165) is 6.42 Å². The van der Waals surface area contributed by atoms with Gasteiger partial charge in [-0.05, 0) is 17.9 Å². The van der Waals surface area contributed by atoms with Crippen molar-refractivity contribution in [2.45, 2.75) is 23.4 Å². The Morgan fingerprint density at radius 2 is 2.39 bits per heavy atom. The molecule has 0 spiro atoms. The summed E-state index contributed by atoms with van der Waals surface area (Å²) < 4.78 is 33.8. The average molecular weight is 357 g/mol. The quantitative estimate of drug-likeness (QED) is 0.798. The zero-order valence-corrected chi connectivity index (χ0v) is 13.6. The molecule has 124 valence electrons. The highest BCUT2D eigenvalue weighted by atomic mass is 32.2. The zero-order chi connectivity index (χ0) is 16.4. The summed E-state index contributed by atoms with van der Waals surface area (Å²) >= 11 is 1.18. The molecule has 0 bridgehead atoms. The topological polar surface area (TPSA) is 111 Å². The highest BCUT2D eigenvalue weighted by molar-refractivity contribution is 7.89. The molecule has 1 aliphatic rings. The van der Waals surface area contributed by atoms with Gasteiger partial charge in [0.15, 0.2) is 6.04 Å². The third kappa shape index (κ3) is 3.44. The summed E-state index contributed by atoms with van der Waals surface area (Å²) in [6, 6.07) is 1.93. The maximum Gasteiger partial charge on any atom is 0.327 e. The molecule has 1 aliphatic heterocycles. The van der Waals surface area contributed by atoms with Crippen molar-refractivity contribution in [1.82, 2.24) is 14.5 Å². The first-order valence-corrected chi connectivity index (χ1v) is 9.24. The summed E-state index contributed by atoms with van der Waals surface area (Å²) in [4.78, 5) is 11.7. The van der Waals surface area contributed by atoms with Crippen LogP contribution in [0.2, 0.25) is 0 Å². The van der Waals surface area contributed by atoms with Crippen molar-refractivity contribution in [3.05, 3.63) is 34.8 Å². The molecule has 0 aliphatic carbocycles. The first kappa shape index (κ1) is 16.1. The number of nitrogens with one attached hydrogen (secondary N) is 1. The molecule has 2 atom stereocenters. The van der Waals surface area contributed by atoms with Crippen LogP contribution in [0.15, 0.2) is 34.8 Å². The molecule has 10 heteroatoms. The average Bonchev–Trinajstić information content (AvgIpc) is 3.24. The normalized spacial score (nSPS) is 19.7. The van der Waals surface area contributed by atoms with Gasteiger partial charge in [-0.15, -0.1) is 11.3 Å². The predicted octanol–water partition coefficient (Wildman–Crippen LogP) is 1.01. The lowest BCUT2D eigenvalue weighted by Crippen LogP contribution is -2.33. The van der Waals surface area contributed by atoms with Gasteiger partial charge in [0.25, 0.3) is 0 Å². The zero-order valence-electron chi connectivity index (χ0n) is 12.0. The second-order valence-electron chi connectivity index (χ2n) is 5.08. The first-order valence-electron chi connectivity index (χ1n) is 6.88. The number of hydrogen-bond acceptors (Lipinski definition) is 6. The first-order chi connectivity index (χ1) is 11.0. The molecule has 1 saturated heterocycles. The third-order valence-electron chi connectivity index (χ3n) is 3.52. The van der Waals surface area contributed by atoms with Crippen LogP contribution in [-0.4, -0.2) is 42.5 Å². The Labute approximate surface area is 136 Å². The van der Waals surface area contributed by atoms with E-state index in [9.17, 15) is 18.3 Å². The van der Waals surface area contributed by atoms with E-state index in [1.165, 1.54) is 23.7 Å². The van der Waals surface area contributed by atoms with Gasteiger partial charge < -0.3 is 9.84 Å². The molecule has 2 N–H and O–H groups in total. The minimum atomic E-state index is -3.99. The lowest BCUT2D eigenvalue weighted by atomic mass is 10.3. The standard InChI is InChI=1S/C13H15N3O5S2/c17-13(18)12(11-2-1-5-22-11)15-23(19,20)10-6-14-16(7-10)9-3-4-21-8-9/h1-2,5-7,9,12,15H,3-4,8H2,(H,17,18). The molecule has 2 aromatic heterocycles.